The zero-order chi connectivity index (χ0) is 15.2. The predicted molar refractivity (Wildman–Crippen MR) is 74.5 cm³/mol. The van der Waals surface area contributed by atoms with E-state index in [0.29, 0.717) is 18.7 Å². The van der Waals surface area contributed by atoms with Crippen LogP contribution in [-0.4, -0.2) is 6.61 Å². The van der Waals surface area contributed by atoms with Crippen molar-refractivity contribution < 1.29 is 17.9 Å². The van der Waals surface area contributed by atoms with Crippen LogP contribution in [0.3, 0.4) is 0 Å². The lowest BCUT2D eigenvalue weighted by Gasteiger charge is -2.08. The second-order valence-corrected chi connectivity index (χ2v) is 4.56. The van der Waals surface area contributed by atoms with Gasteiger partial charge in [0.2, 0.25) is 0 Å². The molecule has 0 saturated heterocycles. The monoisotopic (exact) mass is 295 g/mol. The number of hydrogen-bond acceptors (Lipinski definition) is 2. The van der Waals surface area contributed by atoms with Crippen molar-refractivity contribution in [2.45, 2.75) is 20.0 Å². The molecule has 1 N–H and O–H groups in total. The Balaban J connectivity index is 1.94. The molecule has 21 heavy (non-hydrogen) atoms. The van der Waals surface area contributed by atoms with Crippen LogP contribution in [0.4, 0.5) is 13.2 Å². The standard InChI is InChI=1S/C16H16F3NO/c1-2-21-13-5-3-4-11(6-13)9-20-10-12-7-14(17)16(19)15(18)8-12/h3-8,20H,2,9-10H2,1H3. The maximum Gasteiger partial charge on any atom is 0.194 e. The lowest BCUT2D eigenvalue weighted by molar-refractivity contribution is 0.340. The van der Waals surface area contributed by atoms with E-state index in [1.54, 1.807) is 0 Å². The van der Waals surface area contributed by atoms with Crippen molar-refractivity contribution in [2.24, 2.45) is 0 Å². The van der Waals surface area contributed by atoms with E-state index in [2.05, 4.69) is 5.32 Å². The molecule has 2 rings (SSSR count). The van der Waals surface area contributed by atoms with E-state index in [9.17, 15) is 13.2 Å². The van der Waals surface area contributed by atoms with E-state index in [1.807, 2.05) is 31.2 Å². The molecule has 0 amide bonds. The zero-order valence-corrected chi connectivity index (χ0v) is 11.6. The Kier molecular flexibility index (Phi) is 5.22. The van der Waals surface area contributed by atoms with Crippen molar-refractivity contribution in [1.29, 1.82) is 0 Å². The molecular formula is C16H16F3NO. The fourth-order valence-electron chi connectivity index (χ4n) is 1.97. The maximum absolute atomic E-state index is 13.1. The van der Waals surface area contributed by atoms with Gasteiger partial charge in [-0.1, -0.05) is 12.1 Å². The molecule has 2 aromatic carbocycles. The van der Waals surface area contributed by atoms with Gasteiger partial charge in [-0.3, -0.25) is 0 Å². The minimum atomic E-state index is -1.44. The van der Waals surface area contributed by atoms with Gasteiger partial charge in [-0.25, -0.2) is 13.2 Å². The number of halogens is 3. The summed E-state index contributed by atoms with van der Waals surface area (Å²) in [6.07, 6.45) is 0. The Morgan fingerprint density at radius 1 is 0.952 bits per heavy atom. The molecule has 0 unspecified atom stereocenters. The quantitative estimate of drug-likeness (QED) is 0.819. The van der Waals surface area contributed by atoms with Gasteiger partial charge in [0, 0.05) is 13.1 Å². The van der Waals surface area contributed by atoms with Gasteiger partial charge in [-0.15, -0.1) is 0 Å². The molecule has 0 radical (unpaired) electrons. The van der Waals surface area contributed by atoms with Crippen LogP contribution in [0.25, 0.3) is 0 Å². The number of ether oxygens (including phenoxy) is 1. The van der Waals surface area contributed by atoms with Gasteiger partial charge < -0.3 is 10.1 Å². The van der Waals surface area contributed by atoms with E-state index < -0.39 is 17.5 Å². The van der Waals surface area contributed by atoms with Crippen molar-refractivity contribution in [2.75, 3.05) is 6.61 Å². The van der Waals surface area contributed by atoms with Crippen LogP contribution in [0, 0.1) is 17.5 Å². The zero-order valence-electron chi connectivity index (χ0n) is 11.6. The molecule has 0 saturated carbocycles. The Hall–Kier alpha value is -2.01. The third kappa shape index (κ3) is 4.23. The summed E-state index contributed by atoms with van der Waals surface area (Å²) in [5, 5.41) is 3.05. The number of benzene rings is 2. The summed E-state index contributed by atoms with van der Waals surface area (Å²) in [6, 6.07) is 9.52. The van der Waals surface area contributed by atoms with Crippen LogP contribution >= 0.6 is 0 Å². The molecule has 0 aliphatic rings. The second kappa shape index (κ2) is 7.13. The van der Waals surface area contributed by atoms with E-state index >= 15 is 0 Å². The van der Waals surface area contributed by atoms with Crippen LogP contribution in [0.5, 0.6) is 5.75 Å². The lowest BCUT2D eigenvalue weighted by atomic mass is 10.2. The van der Waals surface area contributed by atoms with E-state index in [4.69, 9.17) is 4.74 Å². The summed E-state index contributed by atoms with van der Waals surface area (Å²) in [5.41, 5.74) is 1.34. The van der Waals surface area contributed by atoms with Crippen LogP contribution < -0.4 is 10.1 Å². The van der Waals surface area contributed by atoms with Crippen LogP contribution in [-0.2, 0) is 13.1 Å². The minimum Gasteiger partial charge on any atom is -0.494 e. The molecule has 0 heterocycles. The summed E-state index contributed by atoms with van der Waals surface area (Å²) in [6.45, 7) is 3.25. The summed E-state index contributed by atoms with van der Waals surface area (Å²) in [7, 11) is 0. The SMILES string of the molecule is CCOc1cccc(CNCc2cc(F)c(F)c(F)c2)c1. The highest BCUT2D eigenvalue weighted by molar-refractivity contribution is 5.28. The first-order chi connectivity index (χ1) is 10.1. The molecule has 2 nitrogen and oxygen atoms in total. The Labute approximate surface area is 121 Å². The van der Waals surface area contributed by atoms with Gasteiger partial charge in [0.15, 0.2) is 17.5 Å². The van der Waals surface area contributed by atoms with E-state index in [1.165, 1.54) is 0 Å². The van der Waals surface area contributed by atoms with Gasteiger partial charge in [-0.05, 0) is 42.3 Å². The Morgan fingerprint density at radius 2 is 1.62 bits per heavy atom. The topological polar surface area (TPSA) is 21.3 Å². The number of rotatable bonds is 6. The molecule has 2 aromatic rings. The normalized spacial score (nSPS) is 10.7. The van der Waals surface area contributed by atoms with Gasteiger partial charge in [-0.2, -0.15) is 0 Å². The largest absolute Gasteiger partial charge is 0.494 e. The molecule has 0 aromatic heterocycles. The second-order valence-electron chi connectivity index (χ2n) is 4.56. The molecule has 0 spiro atoms. The fraction of sp³-hybridized carbons (Fsp3) is 0.250. The molecule has 0 aliphatic carbocycles. The third-order valence-corrected chi connectivity index (χ3v) is 2.91. The maximum atomic E-state index is 13.1. The Morgan fingerprint density at radius 3 is 2.29 bits per heavy atom. The van der Waals surface area contributed by atoms with Crippen LogP contribution in [0.2, 0.25) is 0 Å². The van der Waals surface area contributed by atoms with Crippen LogP contribution in [0.1, 0.15) is 18.1 Å². The highest BCUT2D eigenvalue weighted by Crippen LogP contribution is 2.15. The predicted octanol–water partition coefficient (Wildman–Crippen LogP) is 3.79. The van der Waals surface area contributed by atoms with E-state index in [-0.39, 0.29) is 6.54 Å². The van der Waals surface area contributed by atoms with Crippen molar-refractivity contribution >= 4 is 0 Å². The van der Waals surface area contributed by atoms with Crippen molar-refractivity contribution in [3.05, 3.63) is 65.0 Å². The summed E-state index contributed by atoms with van der Waals surface area (Å²) in [5.74, 6) is -3.02. The van der Waals surface area contributed by atoms with Crippen molar-refractivity contribution in [3.8, 4) is 5.75 Å². The highest BCUT2D eigenvalue weighted by atomic mass is 19.2. The highest BCUT2D eigenvalue weighted by Gasteiger charge is 2.10. The molecule has 0 atom stereocenters. The lowest BCUT2D eigenvalue weighted by Crippen LogP contribution is -2.13. The summed E-state index contributed by atoms with van der Waals surface area (Å²) in [4.78, 5) is 0. The average Bonchev–Trinajstić information content (AvgIpc) is 2.45. The summed E-state index contributed by atoms with van der Waals surface area (Å²) < 4.78 is 44.4. The summed E-state index contributed by atoms with van der Waals surface area (Å²) >= 11 is 0. The fourth-order valence-corrected chi connectivity index (χ4v) is 1.97. The van der Waals surface area contributed by atoms with Crippen LogP contribution in [0.15, 0.2) is 36.4 Å². The molecule has 5 heteroatoms. The molecule has 0 fully saturated rings. The first-order valence-electron chi connectivity index (χ1n) is 6.66. The minimum absolute atomic E-state index is 0.243. The first-order valence-corrected chi connectivity index (χ1v) is 6.66. The molecule has 0 bridgehead atoms. The molecule has 0 aliphatic heterocycles. The Bertz CT molecular complexity index is 593. The van der Waals surface area contributed by atoms with E-state index in [0.717, 1.165) is 23.4 Å². The smallest absolute Gasteiger partial charge is 0.194 e. The van der Waals surface area contributed by atoms with Crippen molar-refractivity contribution in [3.63, 3.8) is 0 Å². The third-order valence-electron chi connectivity index (χ3n) is 2.91. The molecular weight excluding hydrogens is 279 g/mol. The van der Waals surface area contributed by atoms with Gasteiger partial charge in [0.1, 0.15) is 5.75 Å². The van der Waals surface area contributed by atoms with Crippen molar-refractivity contribution in [1.82, 2.24) is 5.32 Å². The number of nitrogens with one attached hydrogen (secondary N) is 1. The van der Waals surface area contributed by atoms with Gasteiger partial charge in [0.05, 0.1) is 6.61 Å². The van der Waals surface area contributed by atoms with Gasteiger partial charge in [0.25, 0.3) is 0 Å². The van der Waals surface area contributed by atoms with Gasteiger partial charge >= 0.3 is 0 Å². The first kappa shape index (κ1) is 15.4. The average molecular weight is 295 g/mol. The number of hydrogen-bond donors (Lipinski definition) is 1. The molecule has 112 valence electrons.